The minimum Gasteiger partial charge on any atom is -0.389 e. The van der Waals surface area contributed by atoms with Crippen molar-refractivity contribution in [1.29, 1.82) is 0 Å². The van der Waals surface area contributed by atoms with Crippen LogP contribution in [0.15, 0.2) is 12.3 Å². The van der Waals surface area contributed by atoms with Crippen LogP contribution in [0.2, 0.25) is 0 Å². The molecule has 0 spiro atoms. The van der Waals surface area contributed by atoms with E-state index in [0.717, 1.165) is 25.7 Å². The Labute approximate surface area is 82.8 Å². The molecule has 1 saturated carbocycles. The fourth-order valence-corrected chi connectivity index (χ4v) is 2.82. The lowest BCUT2D eigenvalue weighted by atomic mass is 9.88. The van der Waals surface area contributed by atoms with Crippen molar-refractivity contribution in [2.45, 2.75) is 38.2 Å². The molecule has 1 N–H and O–H groups in total. The topological polar surface area (TPSA) is 33.1 Å². The van der Waals surface area contributed by atoms with Gasteiger partial charge in [0.1, 0.15) is 0 Å². The van der Waals surface area contributed by atoms with Gasteiger partial charge in [0.25, 0.3) is 0 Å². The highest BCUT2D eigenvalue weighted by atomic mass is 32.1. The van der Waals surface area contributed by atoms with Crippen LogP contribution in [0.4, 0.5) is 0 Å². The zero-order valence-corrected chi connectivity index (χ0v) is 8.68. The van der Waals surface area contributed by atoms with E-state index >= 15 is 0 Å². The summed E-state index contributed by atoms with van der Waals surface area (Å²) < 4.78 is 4.05. The average molecular weight is 197 g/mol. The van der Waals surface area contributed by atoms with E-state index in [2.05, 4.69) is 11.3 Å². The largest absolute Gasteiger partial charge is 0.389 e. The Balaban J connectivity index is 2.08. The molecule has 1 aromatic heterocycles. The Morgan fingerprint density at radius 1 is 1.77 bits per heavy atom. The Morgan fingerprint density at radius 2 is 2.62 bits per heavy atom. The first-order valence-electron chi connectivity index (χ1n) is 4.83. The van der Waals surface area contributed by atoms with Gasteiger partial charge in [-0.1, -0.05) is 13.3 Å². The molecule has 72 valence electrons. The molecule has 1 aromatic rings. The highest BCUT2D eigenvalue weighted by molar-refractivity contribution is 7.05. The molecule has 0 saturated heterocycles. The zero-order valence-electron chi connectivity index (χ0n) is 7.86. The second-order valence-corrected chi connectivity index (χ2v) is 4.97. The minimum absolute atomic E-state index is 0.439. The van der Waals surface area contributed by atoms with Gasteiger partial charge in [0.05, 0.1) is 5.60 Å². The zero-order chi connectivity index (χ0) is 9.31. The lowest BCUT2D eigenvalue weighted by Crippen LogP contribution is -2.33. The first-order chi connectivity index (χ1) is 6.21. The summed E-state index contributed by atoms with van der Waals surface area (Å²) in [6.07, 6.45) is 5.87. The monoisotopic (exact) mass is 197 g/mol. The summed E-state index contributed by atoms with van der Waals surface area (Å²) in [6.45, 7) is 2.15. The molecule has 2 rings (SSSR count). The normalized spacial score (nSPS) is 33.8. The molecular formula is C10H15NOS. The first kappa shape index (κ1) is 9.16. The van der Waals surface area contributed by atoms with Crippen LogP contribution in [0.25, 0.3) is 0 Å². The third kappa shape index (κ3) is 1.76. The van der Waals surface area contributed by atoms with Crippen LogP contribution in [-0.2, 0) is 6.42 Å². The summed E-state index contributed by atoms with van der Waals surface area (Å²) in [4.78, 5) is 1.20. The smallest absolute Gasteiger partial charge is 0.0721 e. The van der Waals surface area contributed by atoms with Crippen molar-refractivity contribution in [3.63, 3.8) is 0 Å². The number of nitrogens with zero attached hydrogens (tertiary/aromatic N) is 1. The van der Waals surface area contributed by atoms with Crippen molar-refractivity contribution in [3.05, 3.63) is 17.1 Å². The Kier molecular flexibility index (Phi) is 2.39. The van der Waals surface area contributed by atoms with Crippen molar-refractivity contribution < 1.29 is 5.11 Å². The van der Waals surface area contributed by atoms with Gasteiger partial charge in [0, 0.05) is 17.5 Å². The maximum Gasteiger partial charge on any atom is 0.0721 e. The summed E-state index contributed by atoms with van der Waals surface area (Å²) in [6, 6.07) is 2.01. The predicted molar refractivity (Wildman–Crippen MR) is 53.8 cm³/mol. The second-order valence-electron chi connectivity index (χ2n) is 4.05. The summed E-state index contributed by atoms with van der Waals surface area (Å²) >= 11 is 1.50. The maximum absolute atomic E-state index is 10.3. The van der Waals surface area contributed by atoms with Crippen molar-refractivity contribution in [1.82, 2.24) is 4.37 Å². The molecule has 3 heteroatoms. The molecular weight excluding hydrogens is 182 g/mol. The Bertz CT molecular complexity index is 272. The highest BCUT2D eigenvalue weighted by Crippen LogP contribution is 2.38. The summed E-state index contributed by atoms with van der Waals surface area (Å²) in [5.41, 5.74) is -0.452. The molecule has 0 amide bonds. The average Bonchev–Trinajstić information content (AvgIpc) is 2.65. The quantitative estimate of drug-likeness (QED) is 0.788. The molecule has 1 aliphatic rings. The lowest BCUT2D eigenvalue weighted by molar-refractivity contribution is 0.0103. The van der Waals surface area contributed by atoms with Gasteiger partial charge in [0.15, 0.2) is 0 Å². The molecule has 1 fully saturated rings. The molecule has 0 bridgehead atoms. The van der Waals surface area contributed by atoms with Crippen molar-refractivity contribution in [3.8, 4) is 0 Å². The molecule has 0 aromatic carbocycles. The van der Waals surface area contributed by atoms with Crippen molar-refractivity contribution in [2.75, 3.05) is 0 Å². The molecule has 13 heavy (non-hydrogen) atoms. The number of aromatic nitrogens is 1. The van der Waals surface area contributed by atoms with Gasteiger partial charge in [-0.25, -0.2) is 4.37 Å². The summed E-state index contributed by atoms with van der Waals surface area (Å²) in [5, 5.41) is 10.3. The van der Waals surface area contributed by atoms with E-state index in [9.17, 15) is 5.11 Å². The van der Waals surface area contributed by atoms with Crippen LogP contribution >= 0.6 is 11.5 Å². The van der Waals surface area contributed by atoms with Crippen molar-refractivity contribution >= 4 is 11.5 Å². The van der Waals surface area contributed by atoms with Gasteiger partial charge >= 0.3 is 0 Å². The predicted octanol–water partition coefficient (Wildman–Crippen LogP) is 2.24. The van der Waals surface area contributed by atoms with Crippen LogP contribution in [0.3, 0.4) is 0 Å². The fraction of sp³-hybridized carbons (Fsp3) is 0.700. The SMILES string of the molecule is CC1CCCC1(O)Cc1ccns1. The first-order valence-corrected chi connectivity index (χ1v) is 5.60. The lowest BCUT2D eigenvalue weighted by Gasteiger charge is -2.26. The van der Waals surface area contributed by atoms with Crippen LogP contribution in [-0.4, -0.2) is 15.1 Å². The Hall–Kier alpha value is -0.410. The van der Waals surface area contributed by atoms with E-state index in [0.29, 0.717) is 5.92 Å². The third-order valence-electron chi connectivity index (χ3n) is 3.14. The molecule has 0 aliphatic heterocycles. The van der Waals surface area contributed by atoms with Gasteiger partial charge in [0.2, 0.25) is 0 Å². The van der Waals surface area contributed by atoms with Crippen LogP contribution in [0, 0.1) is 5.92 Å². The van der Waals surface area contributed by atoms with E-state index in [4.69, 9.17) is 0 Å². The van der Waals surface area contributed by atoms with Crippen LogP contribution < -0.4 is 0 Å². The molecule has 1 aliphatic carbocycles. The van der Waals surface area contributed by atoms with E-state index in [-0.39, 0.29) is 0 Å². The fourth-order valence-electron chi connectivity index (χ4n) is 2.13. The molecule has 0 radical (unpaired) electrons. The van der Waals surface area contributed by atoms with E-state index in [1.54, 1.807) is 0 Å². The van der Waals surface area contributed by atoms with Gasteiger partial charge in [-0.15, -0.1) is 0 Å². The number of aliphatic hydroxyl groups is 1. The van der Waals surface area contributed by atoms with Gasteiger partial charge < -0.3 is 5.11 Å². The summed E-state index contributed by atoms with van der Waals surface area (Å²) in [5.74, 6) is 0.439. The van der Waals surface area contributed by atoms with Gasteiger partial charge in [-0.3, -0.25) is 0 Å². The van der Waals surface area contributed by atoms with E-state index in [1.165, 1.54) is 16.4 Å². The van der Waals surface area contributed by atoms with Gasteiger partial charge in [-0.05, 0) is 36.4 Å². The molecule has 2 atom stereocenters. The van der Waals surface area contributed by atoms with Crippen molar-refractivity contribution in [2.24, 2.45) is 5.92 Å². The number of hydrogen-bond donors (Lipinski definition) is 1. The molecule has 2 nitrogen and oxygen atoms in total. The second kappa shape index (κ2) is 3.39. The molecule has 1 heterocycles. The Morgan fingerprint density at radius 3 is 3.15 bits per heavy atom. The maximum atomic E-state index is 10.3. The van der Waals surface area contributed by atoms with Crippen LogP contribution in [0.1, 0.15) is 31.1 Å². The number of hydrogen-bond acceptors (Lipinski definition) is 3. The van der Waals surface area contributed by atoms with Crippen LogP contribution in [0.5, 0.6) is 0 Å². The van der Waals surface area contributed by atoms with E-state index in [1.807, 2.05) is 12.3 Å². The number of rotatable bonds is 2. The summed E-state index contributed by atoms with van der Waals surface area (Å²) in [7, 11) is 0. The van der Waals surface area contributed by atoms with Gasteiger partial charge in [-0.2, -0.15) is 0 Å². The molecule has 2 unspecified atom stereocenters. The highest BCUT2D eigenvalue weighted by Gasteiger charge is 2.38. The standard InChI is InChI=1S/C10H15NOS/c1-8-3-2-5-10(8,12)7-9-4-6-11-13-9/h4,6,8,12H,2-3,5,7H2,1H3. The minimum atomic E-state index is -0.452. The third-order valence-corrected chi connectivity index (χ3v) is 3.88. The van der Waals surface area contributed by atoms with E-state index < -0.39 is 5.60 Å².